The Labute approximate surface area is 173 Å². The Hall–Kier alpha value is -0.900. The molecule has 1 unspecified atom stereocenters. The normalized spacial score (nSPS) is 19.9. The van der Waals surface area contributed by atoms with Crippen LogP contribution < -0.4 is 32.3 Å². The summed E-state index contributed by atoms with van der Waals surface area (Å²) in [6.45, 7) is 4.47. The number of hydrogen-bond donors (Lipinski definition) is 1. The van der Waals surface area contributed by atoms with Crippen molar-refractivity contribution < 1.29 is 25.6 Å². The first kappa shape index (κ1) is 18.5. The Morgan fingerprint density at radius 3 is 2.96 bits per heavy atom. The molecule has 140 valence electrons. The molecule has 1 atom stereocenters. The zero-order chi connectivity index (χ0) is 18.3. The first-order valence-corrected chi connectivity index (χ1v) is 13.8. The third kappa shape index (κ3) is 4.00. The Kier molecular flexibility index (Phi) is 5.41. The van der Waals surface area contributed by atoms with Crippen LogP contribution in [0, 0.1) is 12.8 Å². The van der Waals surface area contributed by atoms with E-state index in [1.54, 1.807) is 20.8 Å². The van der Waals surface area contributed by atoms with Gasteiger partial charge in [-0.15, -0.1) is 0 Å². The third-order valence-electron chi connectivity index (χ3n) is 4.65. The zero-order valence-electron chi connectivity index (χ0n) is 15.2. The number of rotatable bonds is 4. The molecule has 26 heavy (non-hydrogen) atoms. The van der Waals surface area contributed by atoms with Crippen LogP contribution in [0.4, 0.5) is 5.69 Å². The van der Waals surface area contributed by atoms with Gasteiger partial charge in [-0.1, -0.05) is 0 Å². The van der Waals surface area contributed by atoms with E-state index in [1.165, 1.54) is 27.4 Å². The molecule has 0 amide bonds. The molecular weight excluding hydrogens is 554 g/mol. The maximum atomic E-state index is 11.8. The van der Waals surface area contributed by atoms with Crippen LogP contribution in [0.5, 0.6) is 0 Å². The molecule has 4 nitrogen and oxygen atoms in total. The number of benzene rings is 1. The molecule has 0 saturated heterocycles. The molecule has 0 bridgehead atoms. The Morgan fingerprint density at radius 2 is 2.19 bits per heavy atom. The summed E-state index contributed by atoms with van der Waals surface area (Å²) in [6.07, 6.45) is 6.17. The summed E-state index contributed by atoms with van der Waals surface area (Å²) >= 11 is 0.0580. The summed E-state index contributed by atoms with van der Waals surface area (Å²) in [7, 11) is 1.75. The first-order chi connectivity index (χ1) is 12.5. The minimum absolute atomic E-state index is 0.157. The molecule has 1 aliphatic heterocycles. The number of hydrogen-bond acceptors (Lipinski definition) is 3. The number of aryl methyl sites for hydroxylation is 2. The van der Waals surface area contributed by atoms with Gasteiger partial charge in [0.1, 0.15) is 0 Å². The van der Waals surface area contributed by atoms with Crippen molar-refractivity contribution in [3.05, 3.63) is 47.2 Å². The molecule has 6 heteroatoms. The number of nitrogens with zero attached hydrogens (tertiary/aromatic N) is 1. The predicted molar refractivity (Wildman–Crippen MR) is 113 cm³/mol. The summed E-state index contributed by atoms with van der Waals surface area (Å²) in [4.78, 5) is 11.8. The SMILES string of the molecule is Cc1cc2c(cc1NC([I-]C1=CCC(C)CI=C1)=C1CC1)oc(=O)n2C. The molecule has 2 aliphatic rings. The maximum absolute atomic E-state index is 11.8. The van der Waals surface area contributed by atoms with Gasteiger partial charge in [-0.05, 0) is 0 Å². The Morgan fingerprint density at radius 1 is 1.38 bits per heavy atom. The molecule has 1 aromatic carbocycles. The average molecular weight is 577 g/mol. The minimum atomic E-state index is -0.305. The van der Waals surface area contributed by atoms with Crippen molar-refractivity contribution in [1.82, 2.24) is 4.57 Å². The molecule has 1 N–H and O–H groups in total. The molecule has 2 aromatic rings. The van der Waals surface area contributed by atoms with Crippen molar-refractivity contribution >= 4 is 41.5 Å². The molecule has 4 rings (SSSR count). The number of fused-ring (bicyclic) bond motifs is 1. The average Bonchev–Trinajstić information content (AvgIpc) is 3.42. The second-order valence-corrected chi connectivity index (χ2v) is 12.3. The second kappa shape index (κ2) is 7.61. The van der Waals surface area contributed by atoms with Gasteiger partial charge in [0.25, 0.3) is 0 Å². The van der Waals surface area contributed by atoms with Gasteiger partial charge in [0.15, 0.2) is 0 Å². The van der Waals surface area contributed by atoms with E-state index in [0.717, 1.165) is 22.7 Å². The van der Waals surface area contributed by atoms with E-state index in [9.17, 15) is 4.79 Å². The van der Waals surface area contributed by atoms with Crippen molar-refractivity contribution in [2.45, 2.75) is 33.1 Å². The van der Waals surface area contributed by atoms with E-state index < -0.39 is 0 Å². The monoisotopic (exact) mass is 577 g/mol. The van der Waals surface area contributed by atoms with Crippen molar-refractivity contribution in [3.8, 4) is 0 Å². The molecule has 1 fully saturated rings. The van der Waals surface area contributed by atoms with Gasteiger partial charge in [0.05, 0.1) is 0 Å². The number of anilines is 1. The summed E-state index contributed by atoms with van der Waals surface area (Å²) in [5, 5.41) is 3.72. The van der Waals surface area contributed by atoms with Gasteiger partial charge < -0.3 is 0 Å². The van der Waals surface area contributed by atoms with Crippen LogP contribution in [0.15, 0.2) is 40.3 Å². The Balaban J connectivity index is 1.62. The predicted octanol–water partition coefficient (Wildman–Crippen LogP) is 1.64. The summed E-state index contributed by atoms with van der Waals surface area (Å²) in [6, 6.07) is 4.03. The number of nitrogens with one attached hydrogen (secondary N) is 1. The zero-order valence-corrected chi connectivity index (χ0v) is 19.5. The van der Waals surface area contributed by atoms with Crippen LogP contribution in [0.1, 0.15) is 31.7 Å². The van der Waals surface area contributed by atoms with E-state index >= 15 is 0 Å². The number of aromatic nitrogens is 1. The number of allylic oxidation sites excluding steroid dienone is 3. The van der Waals surface area contributed by atoms with Crippen LogP contribution in [0.3, 0.4) is 0 Å². The van der Waals surface area contributed by atoms with Gasteiger partial charge in [-0.2, -0.15) is 0 Å². The number of alkyl halides is 1. The number of oxazole rings is 1. The van der Waals surface area contributed by atoms with E-state index in [1.807, 2.05) is 12.1 Å². The quantitative estimate of drug-likeness (QED) is 0.342. The van der Waals surface area contributed by atoms with Gasteiger partial charge in [0, 0.05) is 0 Å². The summed E-state index contributed by atoms with van der Waals surface area (Å²) in [5.74, 6) is 0.539. The van der Waals surface area contributed by atoms with Gasteiger partial charge in [-0.3, -0.25) is 0 Å². The van der Waals surface area contributed by atoms with Gasteiger partial charge >= 0.3 is 175 Å². The molecule has 1 aromatic heterocycles. The van der Waals surface area contributed by atoms with Crippen LogP contribution in [-0.2, 0) is 7.05 Å². The van der Waals surface area contributed by atoms with E-state index in [0.29, 0.717) is 5.58 Å². The standard InChI is InChI=1S/C20H23I2N2O2/c1-12-4-7-15(11-21-10-12)22-19(14-5-6-14)23-16-9-18-17(8-13(16)2)24(3)20(25)26-18/h7-9,11-12,23H,4-6,10H2,1-3H3/q-1. The fourth-order valence-corrected chi connectivity index (χ4v) is 9.48. The third-order valence-corrected chi connectivity index (χ3v) is 11.9. The summed E-state index contributed by atoms with van der Waals surface area (Å²) < 4.78 is 14.0. The van der Waals surface area contributed by atoms with E-state index in [2.05, 4.69) is 29.3 Å². The van der Waals surface area contributed by atoms with E-state index in [4.69, 9.17) is 4.42 Å². The molecule has 0 spiro atoms. The van der Waals surface area contributed by atoms with Gasteiger partial charge in [0.2, 0.25) is 0 Å². The second-order valence-electron chi connectivity index (χ2n) is 7.05. The fourth-order valence-electron chi connectivity index (χ4n) is 2.85. The molecular formula is C20H23I2N2O2-. The number of halogens is 2. The van der Waals surface area contributed by atoms with Crippen molar-refractivity contribution in [3.63, 3.8) is 0 Å². The Bertz CT molecular complexity index is 1000. The molecule has 1 saturated carbocycles. The summed E-state index contributed by atoms with van der Waals surface area (Å²) in [5.41, 5.74) is 5.31. The van der Waals surface area contributed by atoms with Crippen molar-refractivity contribution in [2.75, 3.05) is 9.74 Å². The van der Waals surface area contributed by atoms with Crippen molar-refractivity contribution in [1.29, 1.82) is 0 Å². The van der Waals surface area contributed by atoms with Crippen LogP contribution >= 0.6 is 20.7 Å². The van der Waals surface area contributed by atoms with Crippen LogP contribution in [0.25, 0.3) is 11.1 Å². The molecule has 1 aliphatic carbocycles. The van der Waals surface area contributed by atoms with Gasteiger partial charge in [-0.25, -0.2) is 0 Å². The molecule has 0 radical (unpaired) electrons. The van der Waals surface area contributed by atoms with Crippen LogP contribution in [-0.4, -0.2) is 13.0 Å². The molecule has 2 heterocycles. The fraction of sp³-hybridized carbons (Fsp3) is 0.400. The first-order valence-electron chi connectivity index (χ1n) is 8.86. The van der Waals surface area contributed by atoms with Crippen molar-refractivity contribution in [2.24, 2.45) is 13.0 Å². The van der Waals surface area contributed by atoms with E-state index in [-0.39, 0.29) is 47.7 Å². The van der Waals surface area contributed by atoms with Crippen LogP contribution in [0.2, 0.25) is 0 Å². The topological polar surface area (TPSA) is 47.2 Å².